The molecule has 0 heterocycles. The summed E-state index contributed by atoms with van der Waals surface area (Å²) in [5, 5.41) is 3.35. The van der Waals surface area contributed by atoms with Crippen LogP contribution in [-0.4, -0.2) is 13.1 Å². The summed E-state index contributed by atoms with van der Waals surface area (Å²) in [6, 6.07) is 5.38. The van der Waals surface area contributed by atoms with E-state index >= 15 is 0 Å². The quantitative estimate of drug-likeness (QED) is 0.869. The summed E-state index contributed by atoms with van der Waals surface area (Å²) in [4.78, 5) is 0. The third-order valence-corrected chi connectivity index (χ3v) is 4.50. The van der Waals surface area contributed by atoms with Gasteiger partial charge in [-0.15, -0.1) is 0 Å². The summed E-state index contributed by atoms with van der Waals surface area (Å²) in [6.07, 6.45) is 6.21. The van der Waals surface area contributed by atoms with Gasteiger partial charge in [0.25, 0.3) is 0 Å². The maximum Gasteiger partial charge on any atom is 0.123 e. The number of nitrogens with one attached hydrogen (secondary N) is 1. The van der Waals surface area contributed by atoms with Crippen molar-refractivity contribution in [3.63, 3.8) is 0 Å². The van der Waals surface area contributed by atoms with E-state index in [9.17, 15) is 4.39 Å². The van der Waals surface area contributed by atoms with Gasteiger partial charge in [0.2, 0.25) is 0 Å². The highest BCUT2D eigenvalue weighted by Crippen LogP contribution is 2.31. The van der Waals surface area contributed by atoms with Crippen LogP contribution in [0.4, 0.5) is 4.39 Å². The maximum absolute atomic E-state index is 13.2. The van der Waals surface area contributed by atoms with Gasteiger partial charge in [-0.3, -0.25) is 0 Å². The summed E-state index contributed by atoms with van der Waals surface area (Å²) in [7, 11) is 2.00. The van der Waals surface area contributed by atoms with E-state index in [-0.39, 0.29) is 5.82 Å². The van der Waals surface area contributed by atoms with Gasteiger partial charge in [-0.2, -0.15) is 0 Å². The summed E-state index contributed by atoms with van der Waals surface area (Å²) in [6.45, 7) is 0. The van der Waals surface area contributed by atoms with Crippen LogP contribution in [0.1, 0.15) is 31.2 Å². The van der Waals surface area contributed by atoms with Gasteiger partial charge in [0.1, 0.15) is 5.82 Å². The summed E-state index contributed by atoms with van der Waals surface area (Å²) in [5.41, 5.74) is 1.06. The predicted octanol–water partition coefficient (Wildman–Crippen LogP) is 3.91. The predicted molar refractivity (Wildman–Crippen MR) is 72.6 cm³/mol. The molecule has 2 rings (SSSR count). The molecule has 1 aliphatic carbocycles. The van der Waals surface area contributed by atoms with E-state index in [1.54, 1.807) is 12.1 Å². The van der Waals surface area contributed by atoms with E-state index in [1.807, 2.05) is 7.05 Å². The summed E-state index contributed by atoms with van der Waals surface area (Å²) in [5.74, 6) is 0.724. The molecule has 3 heteroatoms. The van der Waals surface area contributed by atoms with Crippen molar-refractivity contribution in [3.8, 4) is 0 Å². The van der Waals surface area contributed by atoms with Crippen LogP contribution in [0.2, 0.25) is 0 Å². The van der Waals surface area contributed by atoms with Gasteiger partial charge in [-0.1, -0.05) is 35.2 Å². The standard InChI is InChI=1S/C14H19BrFN/c1-17-13(7-10-3-2-4-10)9-11-8-12(16)5-6-14(11)15/h5-6,8,10,13,17H,2-4,7,9H2,1H3. The lowest BCUT2D eigenvalue weighted by atomic mass is 9.80. The molecule has 1 unspecified atom stereocenters. The van der Waals surface area contributed by atoms with Crippen molar-refractivity contribution in [2.75, 3.05) is 7.05 Å². The van der Waals surface area contributed by atoms with E-state index in [4.69, 9.17) is 0 Å². The van der Waals surface area contributed by atoms with Crippen molar-refractivity contribution in [1.29, 1.82) is 0 Å². The Morgan fingerprint density at radius 1 is 1.47 bits per heavy atom. The van der Waals surface area contributed by atoms with Gasteiger partial charge in [-0.25, -0.2) is 4.39 Å². The molecule has 0 spiro atoms. The van der Waals surface area contributed by atoms with E-state index in [2.05, 4.69) is 21.2 Å². The van der Waals surface area contributed by atoms with Gasteiger partial charge >= 0.3 is 0 Å². The first-order valence-corrected chi connectivity index (χ1v) is 7.09. The Hall–Kier alpha value is -0.410. The molecule has 1 aromatic rings. The van der Waals surface area contributed by atoms with Crippen LogP contribution < -0.4 is 5.32 Å². The molecule has 0 aliphatic heterocycles. The zero-order valence-electron chi connectivity index (χ0n) is 10.2. The molecule has 1 saturated carbocycles. The van der Waals surface area contributed by atoms with Crippen molar-refractivity contribution in [2.24, 2.45) is 5.92 Å². The average molecular weight is 300 g/mol. The van der Waals surface area contributed by atoms with Crippen LogP contribution in [0, 0.1) is 11.7 Å². The topological polar surface area (TPSA) is 12.0 Å². The van der Waals surface area contributed by atoms with Gasteiger partial charge < -0.3 is 5.32 Å². The molecule has 17 heavy (non-hydrogen) atoms. The van der Waals surface area contributed by atoms with Crippen molar-refractivity contribution in [3.05, 3.63) is 34.1 Å². The van der Waals surface area contributed by atoms with E-state index < -0.39 is 0 Å². The van der Waals surface area contributed by atoms with Crippen LogP contribution in [-0.2, 0) is 6.42 Å². The number of rotatable bonds is 5. The zero-order chi connectivity index (χ0) is 12.3. The highest BCUT2D eigenvalue weighted by atomic mass is 79.9. The second-order valence-corrected chi connectivity index (χ2v) is 5.81. The van der Waals surface area contributed by atoms with Gasteiger partial charge in [0, 0.05) is 10.5 Å². The Morgan fingerprint density at radius 2 is 2.24 bits per heavy atom. The van der Waals surface area contributed by atoms with Gasteiger partial charge in [0.15, 0.2) is 0 Å². The molecule has 94 valence electrons. The Bertz CT molecular complexity index is 376. The van der Waals surface area contributed by atoms with Gasteiger partial charge in [0.05, 0.1) is 0 Å². The summed E-state index contributed by atoms with van der Waals surface area (Å²) < 4.78 is 14.2. The van der Waals surface area contributed by atoms with E-state index in [0.717, 1.165) is 22.4 Å². The molecule has 0 amide bonds. The van der Waals surface area contributed by atoms with Crippen molar-refractivity contribution >= 4 is 15.9 Å². The fourth-order valence-electron chi connectivity index (χ4n) is 2.40. The minimum atomic E-state index is -0.151. The Balaban J connectivity index is 1.98. The number of hydrogen-bond acceptors (Lipinski definition) is 1. The Morgan fingerprint density at radius 3 is 2.82 bits per heavy atom. The highest BCUT2D eigenvalue weighted by molar-refractivity contribution is 9.10. The highest BCUT2D eigenvalue weighted by Gasteiger charge is 2.21. The molecule has 0 saturated heterocycles. The molecule has 1 fully saturated rings. The number of likely N-dealkylation sites (N-methyl/N-ethyl adjacent to an activating group) is 1. The smallest absolute Gasteiger partial charge is 0.123 e. The van der Waals surface area contributed by atoms with Crippen LogP contribution >= 0.6 is 15.9 Å². The van der Waals surface area contributed by atoms with Gasteiger partial charge in [-0.05, 0) is 49.6 Å². The molecule has 0 bridgehead atoms. The Kier molecular flexibility index (Phi) is 4.57. The molecule has 1 aliphatic rings. The summed E-state index contributed by atoms with van der Waals surface area (Å²) >= 11 is 3.49. The lowest BCUT2D eigenvalue weighted by molar-refractivity contribution is 0.263. The van der Waals surface area contributed by atoms with Crippen LogP contribution in [0.5, 0.6) is 0 Å². The molecule has 0 aromatic heterocycles. The first-order valence-electron chi connectivity index (χ1n) is 6.30. The fourth-order valence-corrected chi connectivity index (χ4v) is 2.81. The van der Waals surface area contributed by atoms with Crippen molar-refractivity contribution in [1.82, 2.24) is 5.32 Å². The first kappa shape index (κ1) is 13.0. The average Bonchev–Trinajstić information content (AvgIpc) is 2.26. The molecule has 0 radical (unpaired) electrons. The normalized spacial score (nSPS) is 17.8. The molecule has 1 nitrogen and oxygen atoms in total. The maximum atomic E-state index is 13.2. The lowest BCUT2D eigenvalue weighted by Crippen LogP contribution is -2.32. The fraction of sp³-hybridized carbons (Fsp3) is 0.571. The number of halogens is 2. The van der Waals surface area contributed by atoms with Crippen LogP contribution in [0.3, 0.4) is 0 Å². The van der Waals surface area contributed by atoms with Crippen LogP contribution in [0.25, 0.3) is 0 Å². The molecular weight excluding hydrogens is 281 g/mol. The van der Waals surface area contributed by atoms with Crippen molar-refractivity contribution < 1.29 is 4.39 Å². The second-order valence-electron chi connectivity index (χ2n) is 4.96. The zero-order valence-corrected chi connectivity index (χ0v) is 11.8. The minimum absolute atomic E-state index is 0.151. The molecule has 1 atom stereocenters. The minimum Gasteiger partial charge on any atom is -0.317 e. The first-order chi connectivity index (χ1) is 8.19. The van der Waals surface area contributed by atoms with E-state index in [0.29, 0.717) is 6.04 Å². The second kappa shape index (κ2) is 5.96. The van der Waals surface area contributed by atoms with E-state index in [1.165, 1.54) is 31.7 Å². The van der Waals surface area contributed by atoms with Crippen molar-refractivity contribution in [2.45, 2.75) is 38.1 Å². The number of benzene rings is 1. The third kappa shape index (κ3) is 3.52. The lowest BCUT2D eigenvalue weighted by Gasteiger charge is -2.29. The van der Waals surface area contributed by atoms with Crippen LogP contribution in [0.15, 0.2) is 22.7 Å². The largest absolute Gasteiger partial charge is 0.317 e. The third-order valence-electron chi connectivity index (χ3n) is 3.72. The Labute approximate surface area is 111 Å². The molecule has 1 N–H and O–H groups in total. The monoisotopic (exact) mass is 299 g/mol. The number of hydrogen-bond donors (Lipinski definition) is 1. The SMILES string of the molecule is CNC(Cc1cc(F)ccc1Br)CC1CCC1. The molecule has 1 aromatic carbocycles. The molecular formula is C14H19BrFN.